The Hall–Kier alpha value is -0.190. The van der Waals surface area contributed by atoms with Crippen LogP contribution in [0.25, 0.3) is 0 Å². The van der Waals surface area contributed by atoms with Gasteiger partial charge in [0.1, 0.15) is 5.75 Å². The molecule has 2 nitrogen and oxygen atoms in total. The number of hydrogen-bond donors (Lipinski definition) is 1. The zero-order valence-electron chi connectivity index (χ0n) is 7.74. The third-order valence-corrected chi connectivity index (χ3v) is 3.51. The third-order valence-electron chi connectivity index (χ3n) is 2.32. The first kappa shape index (κ1) is 10.3. The second-order valence-electron chi connectivity index (χ2n) is 3.44. The lowest BCUT2D eigenvalue weighted by atomic mass is 10.0. The van der Waals surface area contributed by atoms with Crippen LogP contribution in [-0.4, -0.2) is 10.7 Å². The predicted octanol–water partition coefficient (Wildman–Crippen LogP) is 3.87. The van der Waals surface area contributed by atoms with Gasteiger partial charge >= 0.3 is 0 Å². The van der Waals surface area contributed by atoms with Gasteiger partial charge in [-0.2, -0.15) is 0 Å². The highest BCUT2D eigenvalue weighted by Gasteiger charge is 2.26. The summed E-state index contributed by atoms with van der Waals surface area (Å²) in [6.07, 6.45) is 1.03. The molecule has 1 N–H and O–H groups in total. The van der Waals surface area contributed by atoms with Crippen LogP contribution in [0.5, 0.6) is 5.75 Å². The van der Waals surface area contributed by atoms with E-state index in [1.807, 2.05) is 25.1 Å². The summed E-state index contributed by atoms with van der Waals surface area (Å²) in [7, 11) is 0. The monoisotopic (exact) mass is 274 g/mol. The standard InChI is InChI=1S/C10H11BrO2S/c1-6-4-10(14-12)8-5-7(11)2-3-9(8)13-6/h2-3,5-6,10,12H,4H2,1H3. The minimum absolute atomic E-state index is 0.131. The molecule has 0 aliphatic carbocycles. The molecule has 0 bridgehead atoms. The first-order valence-corrected chi connectivity index (χ1v) is 6.10. The Kier molecular flexibility index (Phi) is 3.04. The van der Waals surface area contributed by atoms with E-state index in [0.717, 1.165) is 34.2 Å². The van der Waals surface area contributed by atoms with Crippen LogP contribution in [0.15, 0.2) is 22.7 Å². The largest absolute Gasteiger partial charge is 0.490 e. The quantitative estimate of drug-likeness (QED) is 0.789. The molecular weight excluding hydrogens is 264 g/mol. The Morgan fingerprint density at radius 3 is 3.07 bits per heavy atom. The van der Waals surface area contributed by atoms with Crippen LogP contribution in [0.3, 0.4) is 0 Å². The van der Waals surface area contributed by atoms with Crippen molar-refractivity contribution >= 4 is 28.0 Å². The van der Waals surface area contributed by atoms with Gasteiger partial charge in [0.15, 0.2) is 0 Å². The molecule has 1 aromatic rings. The van der Waals surface area contributed by atoms with E-state index in [1.165, 1.54) is 0 Å². The van der Waals surface area contributed by atoms with Gasteiger partial charge in [-0.15, -0.1) is 0 Å². The summed E-state index contributed by atoms with van der Waals surface area (Å²) in [5, 5.41) is 0.131. The lowest BCUT2D eigenvalue weighted by molar-refractivity contribution is 0.190. The van der Waals surface area contributed by atoms with Crippen molar-refractivity contribution in [3.8, 4) is 5.75 Å². The summed E-state index contributed by atoms with van der Waals surface area (Å²) >= 11 is 4.32. The van der Waals surface area contributed by atoms with Crippen LogP contribution in [-0.2, 0) is 0 Å². The predicted molar refractivity (Wildman–Crippen MR) is 61.8 cm³/mol. The summed E-state index contributed by atoms with van der Waals surface area (Å²) in [4.78, 5) is 0. The van der Waals surface area contributed by atoms with E-state index in [0.29, 0.717) is 0 Å². The molecule has 0 spiro atoms. The molecule has 14 heavy (non-hydrogen) atoms. The van der Waals surface area contributed by atoms with Crippen molar-refractivity contribution in [1.82, 2.24) is 0 Å². The minimum Gasteiger partial charge on any atom is -0.490 e. The zero-order valence-corrected chi connectivity index (χ0v) is 10.1. The van der Waals surface area contributed by atoms with Crippen molar-refractivity contribution in [2.75, 3.05) is 0 Å². The second-order valence-corrected chi connectivity index (χ2v) is 5.14. The summed E-state index contributed by atoms with van der Waals surface area (Å²) in [6, 6.07) is 5.91. The fourth-order valence-electron chi connectivity index (χ4n) is 1.67. The zero-order chi connectivity index (χ0) is 10.1. The van der Waals surface area contributed by atoms with Crippen LogP contribution in [0.1, 0.15) is 24.2 Å². The van der Waals surface area contributed by atoms with E-state index in [2.05, 4.69) is 15.9 Å². The number of fused-ring (bicyclic) bond motifs is 1. The van der Waals surface area contributed by atoms with Crippen molar-refractivity contribution in [2.45, 2.75) is 24.7 Å². The van der Waals surface area contributed by atoms with Gasteiger partial charge in [-0.3, -0.25) is 0 Å². The van der Waals surface area contributed by atoms with Crippen molar-refractivity contribution in [1.29, 1.82) is 0 Å². The molecule has 4 heteroatoms. The molecule has 1 aromatic carbocycles. The molecule has 76 valence electrons. The van der Waals surface area contributed by atoms with Gasteiger partial charge in [-0.1, -0.05) is 15.9 Å². The summed E-state index contributed by atoms with van der Waals surface area (Å²) < 4.78 is 15.9. The lowest BCUT2D eigenvalue weighted by Crippen LogP contribution is -2.21. The van der Waals surface area contributed by atoms with Gasteiger partial charge in [0, 0.05) is 16.5 Å². The lowest BCUT2D eigenvalue weighted by Gasteiger charge is -2.28. The smallest absolute Gasteiger partial charge is 0.124 e. The van der Waals surface area contributed by atoms with Gasteiger partial charge in [0.25, 0.3) is 0 Å². The maximum atomic E-state index is 9.19. The van der Waals surface area contributed by atoms with Crippen LogP contribution in [0, 0.1) is 0 Å². The Bertz CT molecular complexity index is 343. The molecule has 1 aliphatic rings. The molecule has 0 radical (unpaired) electrons. The molecule has 2 atom stereocenters. The molecule has 2 rings (SSSR count). The highest BCUT2D eigenvalue weighted by molar-refractivity contribution is 9.10. The van der Waals surface area contributed by atoms with E-state index < -0.39 is 0 Å². The van der Waals surface area contributed by atoms with Crippen LogP contribution in [0.4, 0.5) is 0 Å². The molecular formula is C10H11BrO2S. The van der Waals surface area contributed by atoms with Crippen molar-refractivity contribution in [2.24, 2.45) is 0 Å². The second kappa shape index (κ2) is 4.13. The van der Waals surface area contributed by atoms with E-state index in [-0.39, 0.29) is 11.4 Å². The molecule has 0 aromatic heterocycles. The maximum absolute atomic E-state index is 9.19. The maximum Gasteiger partial charge on any atom is 0.124 e. The Balaban J connectivity index is 2.41. The van der Waals surface area contributed by atoms with Crippen LogP contribution in [0.2, 0.25) is 0 Å². The van der Waals surface area contributed by atoms with Gasteiger partial charge < -0.3 is 9.29 Å². The number of halogens is 1. The Morgan fingerprint density at radius 1 is 1.57 bits per heavy atom. The van der Waals surface area contributed by atoms with Gasteiger partial charge in [-0.05, 0) is 37.2 Å². The number of ether oxygens (including phenoxy) is 1. The van der Waals surface area contributed by atoms with Crippen molar-refractivity contribution in [3.63, 3.8) is 0 Å². The number of rotatable bonds is 1. The molecule has 0 saturated carbocycles. The van der Waals surface area contributed by atoms with Crippen LogP contribution < -0.4 is 4.74 Å². The average molecular weight is 275 g/mol. The van der Waals surface area contributed by atoms with E-state index in [4.69, 9.17) is 4.74 Å². The van der Waals surface area contributed by atoms with E-state index >= 15 is 0 Å². The third kappa shape index (κ3) is 1.92. The molecule has 0 fully saturated rings. The first-order valence-electron chi connectivity index (χ1n) is 4.47. The topological polar surface area (TPSA) is 29.5 Å². The van der Waals surface area contributed by atoms with Crippen LogP contribution >= 0.6 is 28.0 Å². The summed E-state index contributed by atoms with van der Waals surface area (Å²) in [6.45, 7) is 2.02. The first-order chi connectivity index (χ1) is 6.70. The summed E-state index contributed by atoms with van der Waals surface area (Å²) in [5.74, 6) is 0.888. The molecule has 1 aliphatic heterocycles. The minimum atomic E-state index is 0.131. The van der Waals surface area contributed by atoms with Gasteiger partial charge in [0.2, 0.25) is 0 Å². The Morgan fingerprint density at radius 2 is 2.36 bits per heavy atom. The average Bonchev–Trinajstić information content (AvgIpc) is 2.17. The van der Waals surface area contributed by atoms with E-state index in [1.54, 1.807) is 0 Å². The fourth-order valence-corrected chi connectivity index (χ4v) is 2.71. The summed E-state index contributed by atoms with van der Waals surface area (Å²) in [5.41, 5.74) is 1.07. The molecule has 0 saturated heterocycles. The molecule has 2 unspecified atom stereocenters. The Labute approximate surface area is 96.0 Å². The highest BCUT2D eigenvalue weighted by atomic mass is 79.9. The van der Waals surface area contributed by atoms with Crippen molar-refractivity contribution < 1.29 is 9.29 Å². The van der Waals surface area contributed by atoms with Gasteiger partial charge in [0.05, 0.1) is 11.4 Å². The fraction of sp³-hybridized carbons (Fsp3) is 0.400. The van der Waals surface area contributed by atoms with E-state index in [9.17, 15) is 4.55 Å². The number of hydrogen-bond acceptors (Lipinski definition) is 3. The van der Waals surface area contributed by atoms with Gasteiger partial charge in [-0.25, -0.2) is 0 Å². The molecule has 1 heterocycles. The molecule has 0 amide bonds. The van der Waals surface area contributed by atoms with Crippen molar-refractivity contribution in [3.05, 3.63) is 28.2 Å². The SMILES string of the molecule is CC1CC(SO)c2cc(Br)ccc2O1. The normalized spacial score (nSPS) is 25.4. The highest BCUT2D eigenvalue weighted by Crippen LogP contribution is 2.42. The number of benzene rings is 1.